The van der Waals surface area contributed by atoms with E-state index in [4.69, 9.17) is 4.74 Å². The maximum Gasteiger partial charge on any atom is 0.193 e. The minimum absolute atomic E-state index is 0. The third kappa shape index (κ3) is 9.76. The lowest BCUT2D eigenvalue weighted by atomic mass is 10.2. The topological polar surface area (TPSA) is 36.9 Å². The van der Waals surface area contributed by atoms with Crippen molar-refractivity contribution in [2.75, 3.05) is 33.4 Å². The number of hydrogen-bond donors (Lipinski definition) is 1. The Hall–Kier alpha value is -0.890. The first-order chi connectivity index (χ1) is 10.7. The SMILES string of the molecule is CCNC(=NCCCCOCC)N(C)Cc1cccc(F)c1.I. The van der Waals surface area contributed by atoms with Gasteiger partial charge in [-0.3, -0.25) is 4.99 Å². The Labute approximate surface area is 156 Å². The van der Waals surface area contributed by atoms with Crippen molar-refractivity contribution in [1.82, 2.24) is 10.2 Å². The summed E-state index contributed by atoms with van der Waals surface area (Å²) in [6, 6.07) is 6.67. The molecule has 0 saturated heterocycles. The zero-order valence-electron chi connectivity index (χ0n) is 14.3. The molecule has 0 atom stereocenters. The highest BCUT2D eigenvalue weighted by Gasteiger charge is 2.06. The Balaban J connectivity index is 0.00000484. The van der Waals surface area contributed by atoms with Crippen LogP contribution in [-0.2, 0) is 11.3 Å². The predicted octanol–water partition coefficient (Wildman–Crippen LogP) is 3.66. The molecule has 4 nitrogen and oxygen atoms in total. The summed E-state index contributed by atoms with van der Waals surface area (Å²) < 4.78 is 18.6. The van der Waals surface area contributed by atoms with Crippen LogP contribution < -0.4 is 5.32 Å². The van der Waals surface area contributed by atoms with Crippen molar-refractivity contribution in [2.45, 2.75) is 33.2 Å². The van der Waals surface area contributed by atoms with Crippen LogP contribution in [0.5, 0.6) is 0 Å². The highest BCUT2D eigenvalue weighted by molar-refractivity contribution is 14.0. The summed E-state index contributed by atoms with van der Waals surface area (Å²) in [5, 5.41) is 3.27. The maximum absolute atomic E-state index is 13.2. The van der Waals surface area contributed by atoms with Gasteiger partial charge in [-0.25, -0.2) is 4.39 Å². The summed E-state index contributed by atoms with van der Waals surface area (Å²) in [6.45, 7) is 7.81. The van der Waals surface area contributed by atoms with Gasteiger partial charge in [-0.2, -0.15) is 0 Å². The minimum atomic E-state index is -0.205. The van der Waals surface area contributed by atoms with Gasteiger partial charge in [-0.05, 0) is 44.4 Å². The Morgan fingerprint density at radius 1 is 1.30 bits per heavy atom. The predicted molar refractivity (Wildman–Crippen MR) is 105 cm³/mol. The molecular weight excluding hydrogens is 408 g/mol. The molecule has 0 aliphatic rings. The first-order valence-electron chi connectivity index (χ1n) is 7.99. The highest BCUT2D eigenvalue weighted by Crippen LogP contribution is 2.06. The molecule has 23 heavy (non-hydrogen) atoms. The Kier molecular flexibility index (Phi) is 13.0. The summed E-state index contributed by atoms with van der Waals surface area (Å²) in [5.74, 6) is 0.645. The molecule has 0 amide bonds. The monoisotopic (exact) mass is 437 g/mol. The van der Waals surface area contributed by atoms with Crippen molar-refractivity contribution < 1.29 is 9.13 Å². The first-order valence-corrected chi connectivity index (χ1v) is 7.99. The van der Waals surface area contributed by atoms with Crippen LogP contribution in [0.15, 0.2) is 29.3 Å². The van der Waals surface area contributed by atoms with Gasteiger partial charge < -0.3 is 15.0 Å². The van der Waals surface area contributed by atoms with Gasteiger partial charge in [-0.15, -0.1) is 24.0 Å². The molecule has 0 aliphatic heterocycles. The number of aliphatic imine (C=N–C) groups is 1. The third-order valence-electron chi connectivity index (χ3n) is 3.17. The third-order valence-corrected chi connectivity index (χ3v) is 3.17. The summed E-state index contributed by atoms with van der Waals surface area (Å²) in [5.41, 5.74) is 0.935. The van der Waals surface area contributed by atoms with Crippen LogP contribution in [0.25, 0.3) is 0 Å². The summed E-state index contributed by atoms with van der Waals surface area (Å²) in [6.07, 6.45) is 2.02. The van der Waals surface area contributed by atoms with Gasteiger partial charge in [0.2, 0.25) is 0 Å². The van der Waals surface area contributed by atoms with E-state index in [-0.39, 0.29) is 29.8 Å². The lowest BCUT2D eigenvalue weighted by molar-refractivity contribution is 0.144. The molecule has 0 aliphatic carbocycles. The Bertz CT molecular complexity index is 457. The molecule has 132 valence electrons. The van der Waals surface area contributed by atoms with E-state index in [1.54, 1.807) is 12.1 Å². The van der Waals surface area contributed by atoms with Crippen LogP contribution in [0, 0.1) is 5.82 Å². The molecule has 1 N–H and O–H groups in total. The summed E-state index contributed by atoms with van der Waals surface area (Å²) >= 11 is 0. The number of benzene rings is 1. The van der Waals surface area contributed by atoms with Crippen LogP contribution >= 0.6 is 24.0 Å². The molecule has 6 heteroatoms. The van der Waals surface area contributed by atoms with E-state index < -0.39 is 0 Å². The van der Waals surface area contributed by atoms with Crippen LogP contribution in [0.1, 0.15) is 32.3 Å². The van der Waals surface area contributed by atoms with E-state index in [0.717, 1.165) is 50.7 Å². The van der Waals surface area contributed by atoms with E-state index in [0.29, 0.717) is 6.54 Å². The van der Waals surface area contributed by atoms with Gasteiger partial charge in [0.25, 0.3) is 0 Å². The zero-order chi connectivity index (χ0) is 16.2. The van der Waals surface area contributed by atoms with Gasteiger partial charge in [0.05, 0.1) is 0 Å². The van der Waals surface area contributed by atoms with Crippen molar-refractivity contribution >= 4 is 29.9 Å². The van der Waals surface area contributed by atoms with Crippen molar-refractivity contribution in [1.29, 1.82) is 0 Å². The molecule has 0 saturated carbocycles. The molecule has 0 aromatic heterocycles. The molecule has 0 unspecified atom stereocenters. The number of guanidine groups is 1. The van der Waals surface area contributed by atoms with Crippen LogP contribution in [-0.4, -0.2) is 44.2 Å². The average Bonchev–Trinajstić information content (AvgIpc) is 2.49. The molecule has 1 aromatic carbocycles. The number of ether oxygens (including phenoxy) is 1. The van der Waals surface area contributed by atoms with E-state index >= 15 is 0 Å². The van der Waals surface area contributed by atoms with Crippen molar-refractivity contribution in [3.8, 4) is 0 Å². The second kappa shape index (κ2) is 13.5. The van der Waals surface area contributed by atoms with Crippen molar-refractivity contribution in [3.05, 3.63) is 35.6 Å². The normalized spacial score (nSPS) is 11.0. The van der Waals surface area contributed by atoms with Crippen LogP contribution in [0.2, 0.25) is 0 Å². The second-order valence-corrected chi connectivity index (χ2v) is 5.13. The van der Waals surface area contributed by atoms with Crippen molar-refractivity contribution in [2.24, 2.45) is 4.99 Å². The maximum atomic E-state index is 13.2. The number of rotatable bonds is 9. The van der Waals surface area contributed by atoms with Gasteiger partial charge >= 0.3 is 0 Å². The highest BCUT2D eigenvalue weighted by atomic mass is 127. The van der Waals surface area contributed by atoms with Gasteiger partial charge in [0, 0.05) is 39.9 Å². The van der Waals surface area contributed by atoms with Crippen LogP contribution in [0.3, 0.4) is 0 Å². The van der Waals surface area contributed by atoms with Gasteiger partial charge in [0.1, 0.15) is 5.82 Å². The molecular formula is C17H29FIN3O. The van der Waals surface area contributed by atoms with Gasteiger partial charge in [-0.1, -0.05) is 12.1 Å². The lowest BCUT2D eigenvalue weighted by Crippen LogP contribution is -2.38. The number of nitrogens with zero attached hydrogens (tertiary/aromatic N) is 2. The lowest BCUT2D eigenvalue weighted by Gasteiger charge is -2.22. The summed E-state index contributed by atoms with van der Waals surface area (Å²) in [4.78, 5) is 6.63. The van der Waals surface area contributed by atoms with Crippen molar-refractivity contribution in [3.63, 3.8) is 0 Å². The summed E-state index contributed by atoms with van der Waals surface area (Å²) in [7, 11) is 1.96. The standard InChI is InChI=1S/C17H28FN3O.HI/c1-4-19-17(20-11-6-7-12-22-5-2)21(3)14-15-9-8-10-16(18)13-15;/h8-10,13H,4-7,11-12,14H2,1-3H3,(H,19,20);1H. The quantitative estimate of drug-likeness (QED) is 0.277. The molecule has 0 spiro atoms. The number of hydrogen-bond acceptors (Lipinski definition) is 2. The second-order valence-electron chi connectivity index (χ2n) is 5.13. The molecule has 0 bridgehead atoms. The molecule has 0 radical (unpaired) electrons. The molecule has 0 heterocycles. The number of halogens is 2. The van der Waals surface area contributed by atoms with E-state index in [2.05, 4.69) is 10.3 Å². The first kappa shape index (κ1) is 22.1. The smallest absolute Gasteiger partial charge is 0.193 e. The minimum Gasteiger partial charge on any atom is -0.382 e. The fourth-order valence-corrected chi connectivity index (χ4v) is 2.10. The number of nitrogens with one attached hydrogen (secondary N) is 1. The van der Waals surface area contributed by atoms with Crippen LogP contribution in [0.4, 0.5) is 4.39 Å². The Morgan fingerprint density at radius 3 is 2.74 bits per heavy atom. The molecule has 1 rings (SSSR count). The zero-order valence-corrected chi connectivity index (χ0v) is 16.7. The van der Waals surface area contributed by atoms with E-state index in [1.807, 2.05) is 31.9 Å². The largest absolute Gasteiger partial charge is 0.382 e. The number of unbranched alkanes of at least 4 members (excludes halogenated alkanes) is 1. The fraction of sp³-hybridized carbons (Fsp3) is 0.588. The Morgan fingerprint density at radius 2 is 2.09 bits per heavy atom. The molecule has 0 fully saturated rings. The molecule has 1 aromatic rings. The van der Waals surface area contributed by atoms with E-state index in [1.165, 1.54) is 6.07 Å². The van der Waals surface area contributed by atoms with E-state index in [9.17, 15) is 4.39 Å². The fourth-order valence-electron chi connectivity index (χ4n) is 2.10. The van der Waals surface area contributed by atoms with Gasteiger partial charge in [0.15, 0.2) is 5.96 Å². The average molecular weight is 437 g/mol.